The van der Waals surface area contributed by atoms with E-state index in [-0.39, 0.29) is 6.04 Å². The molecule has 0 bridgehead atoms. The first-order chi connectivity index (χ1) is 7.28. The molecule has 4 nitrogen and oxygen atoms in total. The predicted molar refractivity (Wildman–Crippen MR) is 55.3 cm³/mol. The molecule has 0 amide bonds. The van der Waals surface area contributed by atoms with Crippen molar-refractivity contribution < 1.29 is 4.42 Å². The van der Waals surface area contributed by atoms with Gasteiger partial charge in [-0.1, -0.05) is 0 Å². The van der Waals surface area contributed by atoms with E-state index in [9.17, 15) is 0 Å². The fourth-order valence-electron chi connectivity index (χ4n) is 2.63. The molecule has 4 heteroatoms. The summed E-state index contributed by atoms with van der Waals surface area (Å²) < 4.78 is 5.70. The summed E-state index contributed by atoms with van der Waals surface area (Å²) in [5, 5.41) is 11.4. The molecular weight excluding hydrogens is 190 g/mol. The second kappa shape index (κ2) is 3.30. The zero-order valence-electron chi connectivity index (χ0n) is 9.23. The number of nitrogens with zero attached hydrogens (tertiary/aromatic N) is 2. The Balaban J connectivity index is 1.73. The first-order valence-electron chi connectivity index (χ1n) is 5.78. The van der Waals surface area contributed by atoms with Crippen LogP contribution in [0.3, 0.4) is 0 Å². The maximum atomic E-state index is 5.70. The van der Waals surface area contributed by atoms with Crippen molar-refractivity contribution in [3.63, 3.8) is 0 Å². The van der Waals surface area contributed by atoms with Gasteiger partial charge in [-0.2, -0.15) is 0 Å². The highest BCUT2D eigenvalue weighted by Crippen LogP contribution is 2.57. The Morgan fingerprint density at radius 3 is 2.67 bits per heavy atom. The lowest BCUT2D eigenvalue weighted by molar-refractivity contribution is 0.375. The molecular formula is C11H17N3O. The topological polar surface area (TPSA) is 51.0 Å². The summed E-state index contributed by atoms with van der Waals surface area (Å²) in [5.41, 5.74) is 0. The van der Waals surface area contributed by atoms with Gasteiger partial charge in [-0.3, -0.25) is 0 Å². The van der Waals surface area contributed by atoms with Gasteiger partial charge >= 0.3 is 0 Å². The van der Waals surface area contributed by atoms with Crippen molar-refractivity contribution in [1.29, 1.82) is 0 Å². The van der Waals surface area contributed by atoms with Gasteiger partial charge < -0.3 is 9.73 Å². The lowest BCUT2D eigenvalue weighted by Gasteiger charge is -2.06. The molecule has 2 fully saturated rings. The zero-order chi connectivity index (χ0) is 10.4. The van der Waals surface area contributed by atoms with Crippen molar-refractivity contribution in [2.24, 2.45) is 11.8 Å². The van der Waals surface area contributed by atoms with Gasteiger partial charge in [-0.25, -0.2) is 0 Å². The molecule has 2 aliphatic rings. The van der Waals surface area contributed by atoms with Gasteiger partial charge in [-0.05, 0) is 45.1 Å². The second-order valence-electron chi connectivity index (χ2n) is 4.91. The molecule has 1 aromatic heterocycles. The molecule has 0 spiro atoms. The van der Waals surface area contributed by atoms with Gasteiger partial charge in [-0.15, -0.1) is 10.2 Å². The Morgan fingerprint density at radius 2 is 2.00 bits per heavy atom. The van der Waals surface area contributed by atoms with Gasteiger partial charge in [0.2, 0.25) is 11.8 Å². The molecule has 1 aromatic rings. The molecule has 3 rings (SSSR count). The number of nitrogens with one attached hydrogen (secondary N) is 1. The Morgan fingerprint density at radius 1 is 1.27 bits per heavy atom. The highest BCUT2D eigenvalue weighted by atomic mass is 16.4. The Kier molecular flexibility index (Phi) is 2.06. The normalized spacial score (nSPS) is 35.2. The number of hydrogen-bond acceptors (Lipinski definition) is 4. The number of aromatic nitrogens is 2. The van der Waals surface area contributed by atoms with Crippen molar-refractivity contribution in [3.05, 3.63) is 11.8 Å². The van der Waals surface area contributed by atoms with Gasteiger partial charge in [0.25, 0.3) is 0 Å². The van der Waals surface area contributed by atoms with Crippen molar-refractivity contribution >= 4 is 0 Å². The number of rotatable bonds is 3. The van der Waals surface area contributed by atoms with E-state index in [0.29, 0.717) is 11.8 Å². The minimum Gasteiger partial charge on any atom is -0.423 e. The molecule has 1 heterocycles. The molecule has 15 heavy (non-hydrogen) atoms. The maximum absolute atomic E-state index is 5.70. The van der Waals surface area contributed by atoms with Crippen LogP contribution in [0.1, 0.15) is 49.9 Å². The average Bonchev–Trinajstić information content (AvgIpc) is 2.75. The fourth-order valence-corrected chi connectivity index (χ4v) is 2.63. The zero-order valence-corrected chi connectivity index (χ0v) is 9.23. The van der Waals surface area contributed by atoms with Gasteiger partial charge in [0, 0.05) is 5.92 Å². The summed E-state index contributed by atoms with van der Waals surface area (Å²) in [6.07, 6.45) is 3.96. The maximum Gasteiger partial charge on any atom is 0.233 e. The van der Waals surface area contributed by atoms with Crippen LogP contribution in [0.5, 0.6) is 0 Å². The molecule has 0 saturated heterocycles. The third-order valence-corrected chi connectivity index (χ3v) is 3.85. The second-order valence-corrected chi connectivity index (χ2v) is 4.91. The molecule has 2 aliphatic carbocycles. The van der Waals surface area contributed by atoms with Crippen LogP contribution in [0, 0.1) is 11.8 Å². The van der Waals surface area contributed by atoms with Crippen LogP contribution in [-0.2, 0) is 0 Å². The van der Waals surface area contributed by atoms with E-state index in [1.54, 1.807) is 0 Å². The SMILES string of the molecule is CNC(C)c1nnc(C2CC3CC3C2)o1. The third-order valence-electron chi connectivity index (χ3n) is 3.85. The smallest absolute Gasteiger partial charge is 0.233 e. The van der Waals surface area contributed by atoms with E-state index in [1.165, 1.54) is 19.3 Å². The number of fused-ring (bicyclic) bond motifs is 1. The highest BCUT2D eigenvalue weighted by Gasteiger charge is 2.47. The van der Waals surface area contributed by atoms with Crippen molar-refractivity contribution in [2.45, 2.75) is 38.1 Å². The molecule has 1 N–H and O–H groups in total. The Bertz CT molecular complexity index is 352. The van der Waals surface area contributed by atoms with E-state index in [1.807, 2.05) is 14.0 Å². The lowest BCUT2D eigenvalue weighted by Crippen LogP contribution is -2.12. The standard InChI is InChI=1S/C11H17N3O/c1-6(12-2)10-13-14-11(15-10)9-4-7-3-8(7)5-9/h6-9,12H,3-5H2,1-2H3. The third kappa shape index (κ3) is 1.57. The van der Waals surface area contributed by atoms with E-state index in [2.05, 4.69) is 15.5 Å². The van der Waals surface area contributed by atoms with Gasteiger partial charge in [0.15, 0.2) is 0 Å². The summed E-state index contributed by atoms with van der Waals surface area (Å²) in [6, 6.07) is 0.155. The Labute approximate surface area is 89.5 Å². The van der Waals surface area contributed by atoms with Crippen LogP contribution in [0.15, 0.2) is 4.42 Å². The molecule has 0 radical (unpaired) electrons. The quantitative estimate of drug-likeness (QED) is 0.822. The van der Waals surface area contributed by atoms with Crippen LogP contribution in [0.4, 0.5) is 0 Å². The summed E-state index contributed by atoms with van der Waals surface area (Å²) >= 11 is 0. The van der Waals surface area contributed by atoms with Crippen molar-refractivity contribution in [1.82, 2.24) is 15.5 Å². The molecule has 3 atom stereocenters. The summed E-state index contributed by atoms with van der Waals surface area (Å²) in [6.45, 7) is 2.03. The summed E-state index contributed by atoms with van der Waals surface area (Å²) in [7, 11) is 1.90. The first kappa shape index (κ1) is 9.33. The molecule has 82 valence electrons. The van der Waals surface area contributed by atoms with Gasteiger partial charge in [0.1, 0.15) is 0 Å². The minimum atomic E-state index is 0.155. The summed E-state index contributed by atoms with van der Waals surface area (Å²) in [4.78, 5) is 0. The molecule has 0 aromatic carbocycles. The molecule has 2 saturated carbocycles. The minimum absolute atomic E-state index is 0.155. The van der Waals surface area contributed by atoms with Gasteiger partial charge in [0.05, 0.1) is 6.04 Å². The first-order valence-corrected chi connectivity index (χ1v) is 5.78. The van der Waals surface area contributed by atoms with E-state index >= 15 is 0 Å². The highest BCUT2D eigenvalue weighted by molar-refractivity contribution is 5.06. The van der Waals surface area contributed by atoms with Crippen LogP contribution in [0.25, 0.3) is 0 Å². The Hall–Kier alpha value is -0.900. The number of hydrogen-bond donors (Lipinski definition) is 1. The monoisotopic (exact) mass is 207 g/mol. The fraction of sp³-hybridized carbons (Fsp3) is 0.818. The predicted octanol–water partition coefficient (Wildman–Crippen LogP) is 1.86. The van der Waals surface area contributed by atoms with E-state index < -0.39 is 0 Å². The lowest BCUT2D eigenvalue weighted by atomic mass is 10.0. The largest absolute Gasteiger partial charge is 0.423 e. The average molecular weight is 207 g/mol. The van der Waals surface area contributed by atoms with Crippen LogP contribution in [-0.4, -0.2) is 17.2 Å². The van der Waals surface area contributed by atoms with Crippen LogP contribution in [0.2, 0.25) is 0 Å². The molecule has 0 aliphatic heterocycles. The van der Waals surface area contributed by atoms with Crippen molar-refractivity contribution in [2.75, 3.05) is 7.05 Å². The molecule has 3 unspecified atom stereocenters. The van der Waals surface area contributed by atoms with Crippen LogP contribution >= 0.6 is 0 Å². The van der Waals surface area contributed by atoms with Crippen molar-refractivity contribution in [3.8, 4) is 0 Å². The summed E-state index contributed by atoms with van der Waals surface area (Å²) in [5.74, 6) is 4.05. The van der Waals surface area contributed by atoms with E-state index in [0.717, 1.165) is 17.7 Å². The van der Waals surface area contributed by atoms with Crippen LogP contribution < -0.4 is 5.32 Å². The van der Waals surface area contributed by atoms with E-state index in [4.69, 9.17) is 4.42 Å².